The summed E-state index contributed by atoms with van der Waals surface area (Å²) in [4.78, 5) is 11.2. The molecule has 0 bridgehead atoms. The van der Waals surface area contributed by atoms with Gasteiger partial charge in [0.2, 0.25) is 0 Å². The van der Waals surface area contributed by atoms with Gasteiger partial charge in [0.25, 0.3) is 0 Å². The zero-order valence-corrected chi connectivity index (χ0v) is 9.73. The Labute approximate surface area is 89.3 Å². The van der Waals surface area contributed by atoms with E-state index in [1.54, 1.807) is 0 Å². The first kappa shape index (κ1) is 13.0. The van der Waals surface area contributed by atoms with Crippen molar-refractivity contribution >= 4 is 5.97 Å². The molecule has 0 saturated carbocycles. The van der Waals surface area contributed by atoms with Gasteiger partial charge in [0.1, 0.15) is 0 Å². The number of hydrogen-bond donors (Lipinski definition) is 0. The van der Waals surface area contributed by atoms with Crippen molar-refractivity contribution in [3.8, 4) is 0 Å². The summed E-state index contributed by atoms with van der Waals surface area (Å²) in [5, 5.41) is 0. The third-order valence-electron chi connectivity index (χ3n) is 2.27. The van der Waals surface area contributed by atoms with Gasteiger partial charge in [-0.25, -0.2) is 0 Å². The van der Waals surface area contributed by atoms with Crippen molar-refractivity contribution in [2.75, 3.05) is 0 Å². The summed E-state index contributed by atoms with van der Waals surface area (Å²) >= 11 is 3.57. The van der Waals surface area contributed by atoms with E-state index < -0.39 is 0 Å². The van der Waals surface area contributed by atoms with E-state index in [1.807, 2.05) is 13.8 Å². The van der Waals surface area contributed by atoms with Gasteiger partial charge < -0.3 is 0 Å². The topological polar surface area (TPSA) is 26.3 Å². The van der Waals surface area contributed by atoms with Crippen molar-refractivity contribution in [1.29, 1.82) is 0 Å². The van der Waals surface area contributed by atoms with Crippen LogP contribution in [0.5, 0.6) is 0 Å². The van der Waals surface area contributed by atoms with Crippen LogP contribution in [0.2, 0.25) is 0 Å². The Bertz CT molecular complexity index is 155. The molecule has 13 heavy (non-hydrogen) atoms. The normalized spacial score (nSPS) is 11.5. The molecular weight excluding hydrogens is 211 g/mol. The molecule has 0 aliphatic heterocycles. The van der Waals surface area contributed by atoms with Gasteiger partial charge in [-0.2, -0.15) is 0 Å². The molecule has 0 rings (SSSR count). The van der Waals surface area contributed by atoms with E-state index in [9.17, 15) is 4.79 Å². The molecule has 0 aromatic carbocycles. The van der Waals surface area contributed by atoms with Gasteiger partial charge in [-0.15, -0.1) is 0 Å². The third kappa shape index (κ3) is 5.31. The zero-order chi connectivity index (χ0) is 10.3. The summed E-state index contributed by atoms with van der Waals surface area (Å²) in [6.45, 7) is 5.97. The van der Waals surface area contributed by atoms with Gasteiger partial charge in [-0.05, 0) is 0 Å². The molecule has 0 spiro atoms. The van der Waals surface area contributed by atoms with E-state index in [0.717, 1.165) is 12.8 Å². The van der Waals surface area contributed by atoms with Crippen LogP contribution in [0.1, 0.15) is 52.9 Å². The minimum absolute atomic E-state index is 0.232. The van der Waals surface area contributed by atoms with Crippen LogP contribution in [0, 0.1) is 5.41 Å². The second kappa shape index (κ2) is 6.43. The monoisotopic (exact) mass is 230 g/mol. The third-order valence-corrected chi connectivity index (χ3v) is 2.46. The molecule has 0 aromatic rings. The predicted molar refractivity (Wildman–Crippen MR) is 48.6 cm³/mol. The summed E-state index contributed by atoms with van der Waals surface area (Å²) in [6.07, 6.45) is 5.62. The van der Waals surface area contributed by atoms with Gasteiger partial charge in [0.05, 0.1) is 0 Å². The van der Waals surface area contributed by atoms with Crippen LogP contribution >= 0.6 is 0 Å². The van der Waals surface area contributed by atoms with Crippen LogP contribution in [-0.2, 0) is 24.7 Å². The first-order valence-electron chi connectivity index (χ1n) is 4.85. The molecule has 0 atom stereocenters. The summed E-state index contributed by atoms with van der Waals surface area (Å²) in [6, 6.07) is 0. The summed E-state index contributed by atoms with van der Waals surface area (Å²) in [5.41, 5.74) is -0.381. The Morgan fingerprint density at radius 1 is 1.31 bits per heavy atom. The molecule has 0 fully saturated rings. The SMILES string of the molecule is CCCCCCC(C)(C)C(=O)[O][Co]. The van der Waals surface area contributed by atoms with Crippen molar-refractivity contribution in [2.24, 2.45) is 5.41 Å². The van der Waals surface area contributed by atoms with E-state index in [4.69, 9.17) is 0 Å². The van der Waals surface area contributed by atoms with Crippen molar-refractivity contribution in [3.63, 3.8) is 0 Å². The van der Waals surface area contributed by atoms with Crippen LogP contribution in [0.25, 0.3) is 0 Å². The summed E-state index contributed by atoms with van der Waals surface area (Å²) < 4.78 is 4.42. The molecular formula is C10H19CoO2. The number of unbranched alkanes of at least 4 members (excludes halogenated alkanes) is 3. The second-order valence-electron chi connectivity index (χ2n) is 4.05. The average molecular weight is 230 g/mol. The zero-order valence-electron chi connectivity index (χ0n) is 8.69. The number of hydrogen-bond acceptors (Lipinski definition) is 2. The maximum absolute atomic E-state index is 11.2. The van der Waals surface area contributed by atoms with Crippen molar-refractivity contribution < 1.29 is 24.7 Å². The first-order chi connectivity index (χ1) is 6.04. The van der Waals surface area contributed by atoms with Crippen LogP contribution in [0.15, 0.2) is 0 Å². The quantitative estimate of drug-likeness (QED) is 0.655. The molecule has 0 N–H and O–H groups in total. The Balaban J connectivity index is 3.69. The van der Waals surface area contributed by atoms with Gasteiger partial charge in [0, 0.05) is 0 Å². The number of carbonyl (C=O) groups is 1. The van der Waals surface area contributed by atoms with E-state index >= 15 is 0 Å². The van der Waals surface area contributed by atoms with Gasteiger partial charge in [0.15, 0.2) is 0 Å². The average Bonchev–Trinajstić information content (AvgIpc) is 2.11. The Kier molecular flexibility index (Phi) is 6.42. The summed E-state index contributed by atoms with van der Waals surface area (Å²) in [7, 11) is 0. The van der Waals surface area contributed by atoms with Crippen LogP contribution in [-0.4, -0.2) is 5.97 Å². The van der Waals surface area contributed by atoms with Crippen molar-refractivity contribution in [3.05, 3.63) is 0 Å². The van der Waals surface area contributed by atoms with Crippen LogP contribution in [0.3, 0.4) is 0 Å². The van der Waals surface area contributed by atoms with Crippen molar-refractivity contribution in [1.82, 2.24) is 0 Å². The molecule has 0 heterocycles. The van der Waals surface area contributed by atoms with Crippen molar-refractivity contribution in [2.45, 2.75) is 52.9 Å². The van der Waals surface area contributed by atoms with E-state index in [-0.39, 0.29) is 11.4 Å². The molecule has 0 amide bonds. The molecule has 0 aromatic heterocycles. The Morgan fingerprint density at radius 2 is 1.92 bits per heavy atom. The molecule has 0 saturated heterocycles. The second-order valence-corrected chi connectivity index (χ2v) is 4.26. The fourth-order valence-corrected chi connectivity index (χ4v) is 1.48. The number of rotatable bonds is 6. The molecule has 2 nitrogen and oxygen atoms in total. The fraction of sp³-hybridized carbons (Fsp3) is 0.900. The van der Waals surface area contributed by atoms with Gasteiger partial charge in [-0.3, -0.25) is 0 Å². The standard InChI is InChI=1S/C10H20O2.Co/c1-4-5-6-7-8-10(2,3)9(11)12;/h4-8H2,1-3H3,(H,11,12);/q;+1/p-1. The predicted octanol–water partition coefficient (Wildman–Crippen LogP) is 2.99. The van der Waals surface area contributed by atoms with Crippen LogP contribution in [0.4, 0.5) is 0 Å². The van der Waals surface area contributed by atoms with E-state index in [2.05, 4.69) is 26.8 Å². The first-order valence-corrected chi connectivity index (χ1v) is 5.28. The molecule has 80 valence electrons. The molecule has 0 unspecified atom stereocenters. The summed E-state index contributed by atoms with van der Waals surface area (Å²) in [5.74, 6) is -0.232. The van der Waals surface area contributed by atoms with E-state index in [1.165, 1.54) is 19.3 Å². The minimum atomic E-state index is -0.381. The Hall–Kier alpha value is -0.0235. The van der Waals surface area contributed by atoms with Gasteiger partial charge in [-0.1, -0.05) is 0 Å². The van der Waals surface area contributed by atoms with E-state index in [0.29, 0.717) is 0 Å². The molecule has 0 radical (unpaired) electrons. The maximum atomic E-state index is 11.2. The molecule has 0 aliphatic carbocycles. The number of carbonyl (C=O) groups excluding carboxylic acids is 1. The Morgan fingerprint density at radius 3 is 2.38 bits per heavy atom. The molecule has 0 aliphatic rings. The molecule has 3 heteroatoms. The van der Waals surface area contributed by atoms with Crippen LogP contribution < -0.4 is 0 Å². The van der Waals surface area contributed by atoms with Gasteiger partial charge >= 0.3 is 89.0 Å². The fourth-order valence-electron chi connectivity index (χ4n) is 1.19.